The van der Waals surface area contributed by atoms with Crippen LogP contribution in [0.2, 0.25) is 0 Å². The van der Waals surface area contributed by atoms with Crippen molar-refractivity contribution < 1.29 is 28.2 Å². The number of nitrogens with one attached hydrogen (secondary N) is 1. The van der Waals surface area contributed by atoms with Crippen molar-refractivity contribution in [2.24, 2.45) is 0 Å². The van der Waals surface area contributed by atoms with Gasteiger partial charge < -0.3 is 15.2 Å². The van der Waals surface area contributed by atoms with Crippen LogP contribution >= 0.6 is 11.3 Å². The first-order valence-corrected chi connectivity index (χ1v) is 6.53. The highest BCUT2D eigenvalue weighted by Crippen LogP contribution is 2.25. The Hall–Kier alpha value is -2.48. The lowest BCUT2D eigenvalue weighted by Gasteiger charge is -2.10. The number of alkyl halides is 2. The molecule has 0 saturated carbocycles. The zero-order chi connectivity index (χ0) is 15.4. The first-order chi connectivity index (χ1) is 9.99. The Balaban J connectivity index is 2.24. The van der Waals surface area contributed by atoms with Gasteiger partial charge in [-0.05, 0) is 23.6 Å². The summed E-state index contributed by atoms with van der Waals surface area (Å²) in [5, 5.41) is 12.8. The summed E-state index contributed by atoms with van der Waals surface area (Å²) < 4.78 is 28.8. The molecule has 1 aromatic heterocycles. The highest BCUT2D eigenvalue weighted by Gasteiger charge is 2.18. The van der Waals surface area contributed by atoms with Crippen LogP contribution in [0.25, 0.3) is 0 Å². The van der Waals surface area contributed by atoms with Crippen molar-refractivity contribution in [3.63, 3.8) is 0 Å². The minimum Gasteiger partial charge on any atom is -0.477 e. The average molecular weight is 313 g/mol. The van der Waals surface area contributed by atoms with Crippen LogP contribution < -0.4 is 10.1 Å². The second-order valence-electron chi connectivity index (χ2n) is 3.80. The van der Waals surface area contributed by atoms with E-state index in [1.807, 2.05) is 0 Å². The van der Waals surface area contributed by atoms with Crippen molar-refractivity contribution in [2.45, 2.75) is 6.61 Å². The van der Waals surface area contributed by atoms with Gasteiger partial charge in [-0.1, -0.05) is 12.1 Å². The summed E-state index contributed by atoms with van der Waals surface area (Å²) >= 11 is 0.944. The molecule has 2 aromatic rings. The highest BCUT2D eigenvalue weighted by molar-refractivity contribution is 7.12. The third-order valence-corrected chi connectivity index (χ3v) is 3.36. The summed E-state index contributed by atoms with van der Waals surface area (Å²) in [5.74, 6) is -2.19. The molecule has 0 radical (unpaired) electrons. The molecule has 0 spiro atoms. The van der Waals surface area contributed by atoms with E-state index in [4.69, 9.17) is 5.11 Å². The Morgan fingerprint density at radius 3 is 2.62 bits per heavy atom. The van der Waals surface area contributed by atoms with Crippen LogP contribution in [0.15, 0.2) is 35.7 Å². The molecule has 1 heterocycles. The van der Waals surface area contributed by atoms with Gasteiger partial charge in [0.1, 0.15) is 10.6 Å². The van der Waals surface area contributed by atoms with Crippen LogP contribution in [-0.4, -0.2) is 23.6 Å². The third kappa shape index (κ3) is 3.54. The number of ether oxygens (including phenoxy) is 1. The monoisotopic (exact) mass is 313 g/mol. The molecule has 0 fully saturated rings. The normalized spacial score (nSPS) is 10.4. The molecule has 110 valence electrons. The molecule has 2 N–H and O–H groups in total. The Morgan fingerprint density at radius 2 is 1.95 bits per heavy atom. The topological polar surface area (TPSA) is 75.6 Å². The number of para-hydroxylation sites is 1. The van der Waals surface area contributed by atoms with E-state index >= 15 is 0 Å². The van der Waals surface area contributed by atoms with Crippen molar-refractivity contribution in [2.75, 3.05) is 5.32 Å². The number of aromatic carboxylic acids is 1. The maximum atomic E-state index is 12.3. The smallest absolute Gasteiger partial charge is 0.387 e. The number of hydrogen-bond acceptors (Lipinski definition) is 4. The van der Waals surface area contributed by atoms with Gasteiger partial charge in [-0.25, -0.2) is 4.79 Å². The number of hydrogen-bond donors (Lipinski definition) is 2. The van der Waals surface area contributed by atoms with Crippen molar-refractivity contribution >= 4 is 28.9 Å². The molecular weight excluding hydrogens is 304 g/mol. The van der Waals surface area contributed by atoms with Gasteiger partial charge in [0.15, 0.2) is 0 Å². The quantitative estimate of drug-likeness (QED) is 0.888. The third-order valence-electron chi connectivity index (χ3n) is 2.46. The molecule has 0 bridgehead atoms. The largest absolute Gasteiger partial charge is 0.477 e. The van der Waals surface area contributed by atoms with Crippen LogP contribution in [0.5, 0.6) is 5.75 Å². The van der Waals surface area contributed by atoms with Crippen molar-refractivity contribution in [1.82, 2.24) is 0 Å². The molecule has 0 aliphatic rings. The number of anilines is 1. The molecule has 0 saturated heterocycles. The summed E-state index contributed by atoms with van der Waals surface area (Å²) in [5.41, 5.74) is -0.00955. The standard InChI is InChI=1S/C13H9F2NO4S/c14-13(15)20-9-4-2-1-3-7(9)11(17)16-8-5-6-21-10(8)12(18)19/h1-6,13H,(H,16,17)(H,18,19). The van der Waals surface area contributed by atoms with Gasteiger partial charge in [-0.15, -0.1) is 11.3 Å². The van der Waals surface area contributed by atoms with Crippen LogP contribution in [0.4, 0.5) is 14.5 Å². The number of rotatable bonds is 5. The maximum Gasteiger partial charge on any atom is 0.387 e. The van der Waals surface area contributed by atoms with Crippen LogP contribution in [-0.2, 0) is 0 Å². The number of benzene rings is 1. The zero-order valence-electron chi connectivity index (χ0n) is 10.4. The van der Waals surface area contributed by atoms with Gasteiger partial charge in [0.05, 0.1) is 11.3 Å². The minimum atomic E-state index is -3.06. The first-order valence-electron chi connectivity index (χ1n) is 5.65. The summed E-state index contributed by atoms with van der Waals surface area (Å²) in [6, 6.07) is 6.88. The molecule has 0 unspecified atom stereocenters. The van der Waals surface area contributed by atoms with Gasteiger partial charge in [0, 0.05) is 0 Å². The minimum absolute atomic E-state index is 0.0457. The fourth-order valence-corrected chi connectivity index (χ4v) is 2.30. The van der Waals surface area contributed by atoms with Gasteiger partial charge in [-0.2, -0.15) is 8.78 Å². The van der Waals surface area contributed by atoms with E-state index in [9.17, 15) is 18.4 Å². The van der Waals surface area contributed by atoms with E-state index in [-0.39, 0.29) is 21.9 Å². The number of amides is 1. The van der Waals surface area contributed by atoms with Gasteiger partial charge in [-0.3, -0.25) is 4.79 Å². The number of thiophene rings is 1. The number of halogens is 2. The van der Waals surface area contributed by atoms with E-state index < -0.39 is 18.5 Å². The number of carboxylic acids is 1. The Labute approximate surface area is 121 Å². The molecular formula is C13H9F2NO4S. The number of carboxylic acid groups (broad SMARTS) is 1. The van der Waals surface area contributed by atoms with Crippen molar-refractivity contribution in [1.29, 1.82) is 0 Å². The molecule has 1 aromatic carbocycles. The van der Waals surface area contributed by atoms with Crippen LogP contribution in [0.1, 0.15) is 20.0 Å². The maximum absolute atomic E-state index is 12.3. The molecule has 2 rings (SSSR count). The Bertz CT molecular complexity index is 672. The second-order valence-corrected chi connectivity index (χ2v) is 4.71. The molecule has 0 aliphatic heterocycles. The molecule has 8 heteroatoms. The molecule has 0 aliphatic carbocycles. The average Bonchev–Trinajstić information content (AvgIpc) is 2.86. The lowest BCUT2D eigenvalue weighted by Crippen LogP contribution is -2.16. The van der Waals surface area contributed by atoms with E-state index in [1.165, 1.54) is 35.7 Å². The van der Waals surface area contributed by atoms with E-state index in [2.05, 4.69) is 10.1 Å². The molecule has 21 heavy (non-hydrogen) atoms. The van der Waals surface area contributed by atoms with Crippen LogP contribution in [0, 0.1) is 0 Å². The van der Waals surface area contributed by atoms with Gasteiger partial charge in [0.2, 0.25) is 0 Å². The van der Waals surface area contributed by atoms with Crippen LogP contribution in [0.3, 0.4) is 0 Å². The number of carbonyl (C=O) groups is 2. The summed E-state index contributed by atoms with van der Waals surface area (Å²) in [6.45, 7) is -3.06. The predicted octanol–water partition coefficient (Wildman–Crippen LogP) is 3.30. The summed E-state index contributed by atoms with van der Waals surface area (Å²) in [4.78, 5) is 23.0. The zero-order valence-corrected chi connectivity index (χ0v) is 11.2. The van der Waals surface area contributed by atoms with E-state index in [0.717, 1.165) is 11.3 Å². The fourth-order valence-electron chi connectivity index (χ4n) is 1.62. The summed E-state index contributed by atoms with van der Waals surface area (Å²) in [6.07, 6.45) is 0. The lowest BCUT2D eigenvalue weighted by atomic mass is 10.2. The Morgan fingerprint density at radius 1 is 1.24 bits per heavy atom. The first kappa shape index (κ1) is 14.9. The predicted molar refractivity (Wildman–Crippen MR) is 72.3 cm³/mol. The van der Waals surface area contributed by atoms with E-state index in [1.54, 1.807) is 0 Å². The molecule has 0 atom stereocenters. The lowest BCUT2D eigenvalue weighted by molar-refractivity contribution is -0.0501. The number of carbonyl (C=O) groups excluding carboxylic acids is 1. The SMILES string of the molecule is O=C(Nc1ccsc1C(=O)O)c1ccccc1OC(F)F. The molecule has 1 amide bonds. The van der Waals surface area contributed by atoms with Crippen molar-refractivity contribution in [3.8, 4) is 5.75 Å². The fraction of sp³-hybridized carbons (Fsp3) is 0.0769. The van der Waals surface area contributed by atoms with Gasteiger partial charge in [0.25, 0.3) is 5.91 Å². The van der Waals surface area contributed by atoms with Gasteiger partial charge >= 0.3 is 12.6 Å². The second kappa shape index (κ2) is 6.31. The van der Waals surface area contributed by atoms with Crippen molar-refractivity contribution in [3.05, 3.63) is 46.2 Å². The highest BCUT2D eigenvalue weighted by atomic mass is 32.1. The Kier molecular flexibility index (Phi) is 4.49. The van der Waals surface area contributed by atoms with E-state index in [0.29, 0.717) is 0 Å². The summed E-state index contributed by atoms with van der Waals surface area (Å²) in [7, 11) is 0. The molecule has 5 nitrogen and oxygen atoms in total.